The van der Waals surface area contributed by atoms with Gasteiger partial charge in [0.25, 0.3) is 0 Å². The molecule has 0 aliphatic carbocycles. The van der Waals surface area contributed by atoms with Gasteiger partial charge in [0.15, 0.2) is 0 Å². The summed E-state index contributed by atoms with van der Waals surface area (Å²) in [4.78, 5) is 33.4. The first-order valence-electron chi connectivity index (χ1n) is 6.18. The lowest BCUT2D eigenvalue weighted by Crippen LogP contribution is -2.43. The number of hydrogen-bond acceptors (Lipinski definition) is 5. The summed E-state index contributed by atoms with van der Waals surface area (Å²) in [6.45, 7) is 1.57. The Morgan fingerprint density at radius 1 is 1.19 bits per heavy atom. The third-order valence-corrected chi connectivity index (χ3v) is 2.47. The highest BCUT2D eigenvalue weighted by Crippen LogP contribution is 2.14. The van der Waals surface area contributed by atoms with Gasteiger partial charge in [0.05, 0.1) is 0 Å². The number of ether oxygens (including phenoxy) is 1. The van der Waals surface area contributed by atoms with Gasteiger partial charge in [-0.05, 0) is 31.2 Å². The van der Waals surface area contributed by atoms with Gasteiger partial charge in [-0.15, -0.1) is 0 Å². The third-order valence-electron chi connectivity index (χ3n) is 2.47. The number of carbonyl (C=O) groups excluding carboxylic acids is 3. The first kappa shape index (κ1) is 16.4. The molecule has 0 spiro atoms. The van der Waals surface area contributed by atoms with Gasteiger partial charge in [-0.2, -0.15) is 0 Å². The van der Waals surface area contributed by atoms with Crippen LogP contribution in [0.3, 0.4) is 0 Å². The molecule has 114 valence electrons. The maximum Gasteiger partial charge on any atom is 0.318 e. The number of methoxy groups -OCH3 is 1. The molecule has 1 rings (SSSR count). The topological polar surface area (TPSA) is 123 Å². The first-order valence-corrected chi connectivity index (χ1v) is 6.18. The number of imide groups is 1. The summed E-state index contributed by atoms with van der Waals surface area (Å²) in [6.07, 6.45) is 0. The molecule has 5 N–H and O–H groups in total. The molecule has 8 nitrogen and oxygen atoms in total. The summed E-state index contributed by atoms with van der Waals surface area (Å²) in [5.41, 5.74) is 6.13. The van der Waals surface area contributed by atoms with Crippen LogP contribution in [0.2, 0.25) is 0 Å². The van der Waals surface area contributed by atoms with Crippen LogP contribution in [-0.4, -0.2) is 37.6 Å². The van der Waals surface area contributed by atoms with Gasteiger partial charge in [-0.1, -0.05) is 0 Å². The number of urea groups is 1. The number of amides is 4. The molecule has 4 amide bonds. The maximum atomic E-state index is 11.5. The number of nitrogens with two attached hydrogens (primary N) is 1. The predicted molar refractivity (Wildman–Crippen MR) is 77.8 cm³/mol. The van der Waals surface area contributed by atoms with Crippen molar-refractivity contribution in [1.82, 2.24) is 5.32 Å². The summed E-state index contributed by atoms with van der Waals surface area (Å²) in [7, 11) is 1.44. The van der Waals surface area contributed by atoms with Crippen molar-refractivity contribution in [2.75, 3.05) is 24.4 Å². The Kier molecular flexibility index (Phi) is 6.15. The molecule has 0 saturated carbocycles. The van der Waals surface area contributed by atoms with E-state index in [9.17, 15) is 14.4 Å². The van der Waals surface area contributed by atoms with E-state index in [1.807, 2.05) is 5.32 Å². The van der Waals surface area contributed by atoms with Crippen molar-refractivity contribution in [2.45, 2.75) is 13.0 Å². The smallest absolute Gasteiger partial charge is 0.318 e. The molecular weight excluding hydrogens is 276 g/mol. The minimum absolute atomic E-state index is 0.0235. The van der Waals surface area contributed by atoms with Crippen LogP contribution < -0.4 is 21.7 Å². The molecule has 8 heteroatoms. The number of anilines is 2. The summed E-state index contributed by atoms with van der Waals surface area (Å²) in [6, 6.07) is 5.20. The standard InChI is InChI=1S/C13H18N4O4/c1-8(12(19)17-13(14)20)15-9-3-5-10(6-4-9)16-11(18)7-21-2/h3-6,8,15H,7H2,1-2H3,(H,16,18)(H3,14,17,19,20)/t8-/m1/s1. The Labute approximate surface area is 122 Å². The number of benzene rings is 1. The van der Waals surface area contributed by atoms with Crippen molar-refractivity contribution in [3.8, 4) is 0 Å². The first-order chi connectivity index (χ1) is 9.92. The second-order valence-corrected chi connectivity index (χ2v) is 4.28. The summed E-state index contributed by atoms with van der Waals surface area (Å²) < 4.78 is 4.70. The molecule has 0 unspecified atom stereocenters. The van der Waals surface area contributed by atoms with E-state index >= 15 is 0 Å². The van der Waals surface area contributed by atoms with Crippen molar-refractivity contribution in [2.24, 2.45) is 5.73 Å². The van der Waals surface area contributed by atoms with Gasteiger partial charge >= 0.3 is 6.03 Å². The number of hydrogen-bond donors (Lipinski definition) is 4. The van der Waals surface area contributed by atoms with Crippen molar-refractivity contribution in [3.05, 3.63) is 24.3 Å². The monoisotopic (exact) mass is 294 g/mol. The Morgan fingerprint density at radius 2 is 1.76 bits per heavy atom. The van der Waals surface area contributed by atoms with Crippen molar-refractivity contribution in [3.63, 3.8) is 0 Å². The minimum atomic E-state index is -0.898. The molecule has 0 aliphatic heterocycles. The van der Waals surface area contributed by atoms with Crippen LogP contribution in [0.25, 0.3) is 0 Å². The lowest BCUT2D eigenvalue weighted by molar-refractivity contribution is -0.120. The fourth-order valence-electron chi connectivity index (χ4n) is 1.52. The third kappa shape index (κ3) is 5.91. The van der Waals surface area contributed by atoms with E-state index < -0.39 is 18.0 Å². The molecule has 0 bridgehead atoms. The molecule has 0 saturated heterocycles. The van der Waals surface area contributed by atoms with Crippen molar-refractivity contribution in [1.29, 1.82) is 0 Å². The van der Waals surface area contributed by atoms with Crippen LogP contribution in [-0.2, 0) is 14.3 Å². The van der Waals surface area contributed by atoms with E-state index in [-0.39, 0.29) is 12.5 Å². The normalized spacial score (nSPS) is 11.3. The van der Waals surface area contributed by atoms with Crippen LogP contribution in [0.1, 0.15) is 6.92 Å². The van der Waals surface area contributed by atoms with E-state index in [1.165, 1.54) is 7.11 Å². The quantitative estimate of drug-likeness (QED) is 0.599. The van der Waals surface area contributed by atoms with Gasteiger partial charge < -0.3 is 21.1 Å². The molecule has 0 aromatic heterocycles. The fourth-order valence-corrected chi connectivity index (χ4v) is 1.52. The molecular formula is C13H18N4O4. The number of nitrogens with one attached hydrogen (secondary N) is 3. The molecule has 1 aromatic rings. The Balaban J connectivity index is 2.56. The maximum absolute atomic E-state index is 11.5. The minimum Gasteiger partial charge on any atom is -0.375 e. The highest BCUT2D eigenvalue weighted by atomic mass is 16.5. The molecule has 21 heavy (non-hydrogen) atoms. The highest BCUT2D eigenvalue weighted by Gasteiger charge is 2.13. The average molecular weight is 294 g/mol. The lowest BCUT2D eigenvalue weighted by Gasteiger charge is -2.14. The summed E-state index contributed by atoms with van der Waals surface area (Å²) in [5, 5.41) is 7.52. The van der Waals surface area contributed by atoms with E-state index in [0.29, 0.717) is 11.4 Å². The van der Waals surface area contributed by atoms with Crippen molar-refractivity contribution >= 4 is 29.2 Å². The Bertz CT molecular complexity index is 515. The van der Waals surface area contributed by atoms with Crippen LogP contribution in [0, 0.1) is 0 Å². The lowest BCUT2D eigenvalue weighted by atomic mass is 10.2. The van der Waals surface area contributed by atoms with E-state index in [4.69, 9.17) is 10.5 Å². The van der Waals surface area contributed by atoms with Gasteiger partial charge in [-0.25, -0.2) is 4.79 Å². The fraction of sp³-hybridized carbons (Fsp3) is 0.308. The second-order valence-electron chi connectivity index (χ2n) is 4.28. The van der Waals surface area contributed by atoms with E-state index in [2.05, 4.69) is 10.6 Å². The van der Waals surface area contributed by atoms with Crippen LogP contribution in [0.5, 0.6) is 0 Å². The molecule has 0 aliphatic rings. The molecule has 0 fully saturated rings. The van der Waals surface area contributed by atoms with Gasteiger partial charge in [-0.3, -0.25) is 14.9 Å². The zero-order chi connectivity index (χ0) is 15.8. The number of carbonyl (C=O) groups is 3. The van der Waals surface area contributed by atoms with Gasteiger partial charge in [0, 0.05) is 18.5 Å². The molecule has 0 heterocycles. The Morgan fingerprint density at radius 3 is 2.29 bits per heavy atom. The average Bonchev–Trinajstić information content (AvgIpc) is 2.40. The summed E-state index contributed by atoms with van der Waals surface area (Å²) in [5.74, 6) is -0.785. The molecule has 1 atom stereocenters. The van der Waals surface area contributed by atoms with E-state index in [0.717, 1.165) is 0 Å². The zero-order valence-electron chi connectivity index (χ0n) is 11.8. The molecule has 1 aromatic carbocycles. The zero-order valence-corrected chi connectivity index (χ0v) is 11.8. The van der Waals surface area contributed by atoms with Gasteiger partial charge in [0.1, 0.15) is 12.6 Å². The van der Waals surface area contributed by atoms with Crippen LogP contribution in [0.4, 0.5) is 16.2 Å². The summed E-state index contributed by atoms with van der Waals surface area (Å²) >= 11 is 0. The molecule has 0 radical (unpaired) electrons. The van der Waals surface area contributed by atoms with Crippen LogP contribution >= 0.6 is 0 Å². The Hall–Kier alpha value is -2.61. The largest absolute Gasteiger partial charge is 0.375 e. The van der Waals surface area contributed by atoms with Crippen LogP contribution in [0.15, 0.2) is 24.3 Å². The van der Waals surface area contributed by atoms with Crippen molar-refractivity contribution < 1.29 is 19.1 Å². The predicted octanol–water partition coefficient (Wildman–Crippen LogP) is 0.267. The van der Waals surface area contributed by atoms with Gasteiger partial charge in [0.2, 0.25) is 11.8 Å². The number of rotatable bonds is 6. The SMILES string of the molecule is COCC(=O)Nc1ccc(N[C@H](C)C(=O)NC(N)=O)cc1. The second kappa shape index (κ2) is 7.85. The van der Waals surface area contributed by atoms with E-state index in [1.54, 1.807) is 31.2 Å². The highest BCUT2D eigenvalue weighted by molar-refractivity contribution is 5.97. The number of primary amides is 1.